The lowest BCUT2D eigenvalue weighted by molar-refractivity contribution is -0.127. The van der Waals surface area contributed by atoms with Crippen LogP contribution in [-0.4, -0.2) is 31.3 Å². The monoisotopic (exact) mass is 528 g/mol. The smallest absolute Gasteiger partial charge is 0.343 e. The Bertz CT molecular complexity index is 1420. The van der Waals surface area contributed by atoms with Gasteiger partial charge < -0.3 is 14.2 Å². The molecule has 0 aromatic heterocycles. The van der Waals surface area contributed by atoms with Gasteiger partial charge in [0, 0.05) is 5.02 Å². The van der Waals surface area contributed by atoms with E-state index in [0.717, 1.165) is 11.1 Å². The van der Waals surface area contributed by atoms with Crippen molar-refractivity contribution in [1.29, 1.82) is 0 Å². The van der Waals surface area contributed by atoms with Crippen LogP contribution in [0.4, 0.5) is 0 Å². The molecule has 0 bridgehead atoms. The summed E-state index contributed by atoms with van der Waals surface area (Å²) in [5.41, 5.74) is 5.60. The topological polar surface area (TPSA) is 86.2 Å². The van der Waals surface area contributed by atoms with Gasteiger partial charge >= 0.3 is 5.97 Å². The number of carbonyl (C=O) groups excluding carboxylic acids is 2. The van der Waals surface area contributed by atoms with E-state index in [9.17, 15) is 9.59 Å². The molecular formula is C30H25ClN2O5. The number of benzene rings is 4. The molecule has 38 heavy (non-hydrogen) atoms. The summed E-state index contributed by atoms with van der Waals surface area (Å²) in [7, 11) is 1.46. The highest BCUT2D eigenvalue weighted by atomic mass is 35.5. The maximum Gasteiger partial charge on any atom is 0.343 e. The first-order valence-corrected chi connectivity index (χ1v) is 12.1. The number of esters is 1. The van der Waals surface area contributed by atoms with Crippen LogP contribution in [-0.2, 0) is 4.79 Å². The summed E-state index contributed by atoms with van der Waals surface area (Å²) >= 11 is 5.86. The van der Waals surface area contributed by atoms with Crippen molar-refractivity contribution in [2.24, 2.45) is 5.10 Å². The summed E-state index contributed by atoms with van der Waals surface area (Å²) in [6, 6.07) is 28.8. The fraction of sp³-hybridized carbons (Fsp3) is 0.100. The second kappa shape index (κ2) is 12.6. The summed E-state index contributed by atoms with van der Waals surface area (Å²) in [4.78, 5) is 24.8. The number of amides is 1. The first-order chi connectivity index (χ1) is 18.4. The summed E-state index contributed by atoms with van der Waals surface area (Å²) in [6.45, 7) is 1.64. The predicted molar refractivity (Wildman–Crippen MR) is 147 cm³/mol. The SMILES string of the molecule is COc1cc(/C=N/NC(=O)C(C)Oc2ccc(-c3ccccc3)cc2)ccc1OC(=O)c1ccc(Cl)cc1. The molecular weight excluding hydrogens is 504 g/mol. The molecule has 192 valence electrons. The van der Waals surface area contributed by atoms with Gasteiger partial charge in [0.05, 0.1) is 18.9 Å². The van der Waals surface area contributed by atoms with E-state index < -0.39 is 18.0 Å². The van der Waals surface area contributed by atoms with Crippen molar-refractivity contribution in [3.63, 3.8) is 0 Å². The van der Waals surface area contributed by atoms with E-state index in [0.29, 0.717) is 27.6 Å². The average Bonchev–Trinajstić information content (AvgIpc) is 2.94. The van der Waals surface area contributed by atoms with Gasteiger partial charge in [0.2, 0.25) is 0 Å². The van der Waals surface area contributed by atoms with Gasteiger partial charge in [-0.25, -0.2) is 10.2 Å². The van der Waals surface area contributed by atoms with Crippen molar-refractivity contribution in [3.8, 4) is 28.4 Å². The van der Waals surface area contributed by atoms with Crippen LogP contribution in [0.25, 0.3) is 11.1 Å². The number of ether oxygens (including phenoxy) is 3. The zero-order chi connectivity index (χ0) is 26.9. The predicted octanol–water partition coefficient (Wildman–Crippen LogP) is 6.15. The number of nitrogens with zero attached hydrogens (tertiary/aromatic N) is 1. The number of rotatable bonds is 9. The van der Waals surface area contributed by atoms with Crippen molar-refractivity contribution in [2.75, 3.05) is 7.11 Å². The zero-order valence-electron chi connectivity index (χ0n) is 20.8. The molecule has 0 radical (unpaired) electrons. The van der Waals surface area contributed by atoms with Gasteiger partial charge in [0.25, 0.3) is 5.91 Å². The second-order valence-corrected chi connectivity index (χ2v) is 8.63. The number of nitrogens with one attached hydrogen (secondary N) is 1. The van der Waals surface area contributed by atoms with Gasteiger partial charge in [-0.2, -0.15) is 5.10 Å². The lowest BCUT2D eigenvalue weighted by atomic mass is 10.1. The number of hydrogen-bond donors (Lipinski definition) is 1. The molecule has 1 unspecified atom stereocenters. The summed E-state index contributed by atoms with van der Waals surface area (Å²) in [5, 5.41) is 4.52. The molecule has 0 heterocycles. The highest BCUT2D eigenvalue weighted by Crippen LogP contribution is 2.28. The van der Waals surface area contributed by atoms with Gasteiger partial charge in [0.1, 0.15) is 5.75 Å². The Kier molecular flexibility index (Phi) is 8.74. The minimum Gasteiger partial charge on any atom is -0.493 e. The molecule has 8 heteroatoms. The molecule has 0 spiro atoms. The van der Waals surface area contributed by atoms with E-state index in [-0.39, 0.29) is 5.75 Å². The minimum atomic E-state index is -0.765. The third kappa shape index (κ3) is 6.99. The normalized spacial score (nSPS) is 11.6. The molecule has 4 aromatic rings. The Morgan fingerprint density at radius 1 is 0.868 bits per heavy atom. The van der Waals surface area contributed by atoms with E-state index in [1.165, 1.54) is 13.3 Å². The molecule has 0 saturated heterocycles. The Labute approximate surface area is 225 Å². The number of carbonyl (C=O) groups is 2. The Morgan fingerprint density at radius 2 is 1.55 bits per heavy atom. The van der Waals surface area contributed by atoms with Crippen molar-refractivity contribution < 1.29 is 23.8 Å². The van der Waals surface area contributed by atoms with E-state index in [1.807, 2.05) is 54.6 Å². The number of methoxy groups -OCH3 is 1. The third-order valence-corrected chi connectivity index (χ3v) is 5.75. The summed E-state index contributed by atoms with van der Waals surface area (Å²) in [6.07, 6.45) is 0.686. The molecule has 0 aliphatic heterocycles. The average molecular weight is 529 g/mol. The van der Waals surface area contributed by atoms with Crippen molar-refractivity contribution in [1.82, 2.24) is 5.43 Å². The van der Waals surface area contributed by atoms with E-state index in [4.69, 9.17) is 25.8 Å². The third-order valence-electron chi connectivity index (χ3n) is 5.50. The number of halogens is 1. The van der Waals surface area contributed by atoms with Crippen molar-refractivity contribution in [3.05, 3.63) is 113 Å². The molecule has 4 rings (SSSR count). The van der Waals surface area contributed by atoms with Gasteiger partial charge in [-0.05, 0) is 78.2 Å². The van der Waals surface area contributed by atoms with Crippen LogP contribution >= 0.6 is 11.6 Å². The van der Waals surface area contributed by atoms with Crippen molar-refractivity contribution in [2.45, 2.75) is 13.0 Å². The van der Waals surface area contributed by atoms with E-state index in [1.54, 1.807) is 49.4 Å². The molecule has 4 aromatic carbocycles. The Hall–Kier alpha value is -4.62. The fourth-order valence-electron chi connectivity index (χ4n) is 3.47. The molecule has 1 atom stereocenters. The number of hydrazone groups is 1. The first kappa shape index (κ1) is 26.4. The van der Waals surface area contributed by atoms with Crippen LogP contribution < -0.4 is 19.6 Å². The largest absolute Gasteiger partial charge is 0.493 e. The minimum absolute atomic E-state index is 0.244. The van der Waals surface area contributed by atoms with Gasteiger partial charge in [0.15, 0.2) is 17.6 Å². The molecule has 7 nitrogen and oxygen atoms in total. The van der Waals surface area contributed by atoms with Gasteiger partial charge in [-0.3, -0.25) is 4.79 Å². The molecule has 0 fully saturated rings. The maximum absolute atomic E-state index is 12.4. The second-order valence-electron chi connectivity index (χ2n) is 8.19. The van der Waals surface area contributed by atoms with Crippen LogP contribution in [0.1, 0.15) is 22.8 Å². The van der Waals surface area contributed by atoms with Crippen LogP contribution in [0.3, 0.4) is 0 Å². The van der Waals surface area contributed by atoms with E-state index in [2.05, 4.69) is 10.5 Å². The number of hydrogen-bond acceptors (Lipinski definition) is 6. The Morgan fingerprint density at radius 3 is 2.24 bits per heavy atom. The van der Waals surface area contributed by atoms with Gasteiger partial charge in [-0.15, -0.1) is 0 Å². The molecule has 0 saturated carbocycles. The van der Waals surface area contributed by atoms with Gasteiger partial charge in [-0.1, -0.05) is 54.1 Å². The quantitative estimate of drug-likeness (QED) is 0.122. The first-order valence-electron chi connectivity index (χ1n) is 11.7. The summed E-state index contributed by atoms with van der Waals surface area (Å²) < 4.78 is 16.5. The lowest BCUT2D eigenvalue weighted by Gasteiger charge is -2.13. The van der Waals surface area contributed by atoms with Crippen LogP contribution in [0.2, 0.25) is 5.02 Å². The fourth-order valence-corrected chi connectivity index (χ4v) is 3.60. The van der Waals surface area contributed by atoms with Crippen molar-refractivity contribution >= 4 is 29.7 Å². The zero-order valence-corrected chi connectivity index (χ0v) is 21.5. The van der Waals surface area contributed by atoms with Crippen LogP contribution in [0.5, 0.6) is 17.2 Å². The molecule has 1 N–H and O–H groups in total. The van der Waals surface area contributed by atoms with Crippen LogP contribution in [0.15, 0.2) is 102 Å². The highest BCUT2D eigenvalue weighted by molar-refractivity contribution is 6.30. The van der Waals surface area contributed by atoms with E-state index >= 15 is 0 Å². The Balaban J connectivity index is 1.32. The molecule has 0 aliphatic rings. The molecule has 1 amide bonds. The standard InChI is InChI=1S/C30H25ClN2O5/c1-20(37-26-15-11-23(12-16-26)22-6-4-3-5-7-22)29(34)33-32-19-21-8-17-27(28(18-21)36-2)38-30(35)24-9-13-25(31)14-10-24/h3-20H,1-2H3,(H,33,34)/b32-19+. The van der Waals surface area contributed by atoms with Crippen LogP contribution in [0, 0.1) is 0 Å². The lowest BCUT2D eigenvalue weighted by Crippen LogP contribution is -2.33. The maximum atomic E-state index is 12.4. The summed E-state index contributed by atoms with van der Waals surface area (Å²) in [5.74, 6) is 0.197. The molecule has 0 aliphatic carbocycles. The highest BCUT2D eigenvalue weighted by Gasteiger charge is 2.15.